The van der Waals surface area contributed by atoms with Crippen LogP contribution in [-0.2, 0) is 0 Å². The summed E-state index contributed by atoms with van der Waals surface area (Å²) in [4.78, 5) is 16.5. The van der Waals surface area contributed by atoms with Gasteiger partial charge in [-0.25, -0.2) is 0 Å². The lowest BCUT2D eigenvalue weighted by atomic mass is 10.0. The van der Waals surface area contributed by atoms with Gasteiger partial charge in [-0.15, -0.1) is 24.8 Å². The Morgan fingerprint density at radius 3 is 2.62 bits per heavy atom. The Bertz CT molecular complexity index is 483. The van der Waals surface area contributed by atoms with E-state index in [0.717, 1.165) is 25.9 Å². The Kier molecular flexibility index (Phi) is 8.41. The SMILES string of the molecule is CN(C)C1CCCN(C(=O)c2ccc(N)cc2Cl)C1.Cl.Cl. The van der Waals surface area contributed by atoms with Crippen LogP contribution >= 0.6 is 36.4 Å². The molecule has 0 saturated carbocycles. The summed E-state index contributed by atoms with van der Waals surface area (Å²) in [6, 6.07) is 5.47. The van der Waals surface area contributed by atoms with Gasteiger partial charge in [-0.2, -0.15) is 0 Å². The molecule has 2 N–H and O–H groups in total. The van der Waals surface area contributed by atoms with E-state index in [2.05, 4.69) is 19.0 Å². The van der Waals surface area contributed by atoms with Gasteiger partial charge in [0, 0.05) is 24.8 Å². The standard InChI is InChI=1S/C14H20ClN3O.2ClH/c1-17(2)11-4-3-7-18(9-11)14(19)12-6-5-10(16)8-13(12)15;;/h5-6,8,11H,3-4,7,9,16H2,1-2H3;2*1H. The van der Waals surface area contributed by atoms with Crippen LogP contribution in [0.2, 0.25) is 5.02 Å². The summed E-state index contributed by atoms with van der Waals surface area (Å²) in [5, 5.41) is 0.428. The highest BCUT2D eigenvalue weighted by Crippen LogP contribution is 2.23. The molecule has 4 nitrogen and oxygen atoms in total. The molecule has 1 aromatic carbocycles. The summed E-state index contributed by atoms with van der Waals surface area (Å²) in [7, 11) is 4.10. The minimum Gasteiger partial charge on any atom is -0.399 e. The molecule has 0 radical (unpaired) electrons. The Balaban J connectivity index is 0.00000200. The number of likely N-dealkylation sites (N-methyl/N-ethyl adjacent to an activating group) is 1. The van der Waals surface area contributed by atoms with Crippen LogP contribution in [0.4, 0.5) is 5.69 Å². The minimum absolute atomic E-state index is 0. The fraction of sp³-hybridized carbons (Fsp3) is 0.500. The van der Waals surface area contributed by atoms with Crippen LogP contribution < -0.4 is 5.73 Å². The average Bonchev–Trinajstić information content (AvgIpc) is 2.38. The quantitative estimate of drug-likeness (QED) is 0.831. The van der Waals surface area contributed by atoms with Gasteiger partial charge >= 0.3 is 0 Å². The number of hydrogen-bond donors (Lipinski definition) is 1. The van der Waals surface area contributed by atoms with E-state index < -0.39 is 0 Å². The topological polar surface area (TPSA) is 49.6 Å². The number of anilines is 1. The minimum atomic E-state index is -0.00319. The van der Waals surface area contributed by atoms with E-state index in [1.807, 2.05) is 4.90 Å². The lowest BCUT2D eigenvalue weighted by Crippen LogP contribution is -2.47. The van der Waals surface area contributed by atoms with Crippen LogP contribution in [0.3, 0.4) is 0 Å². The third kappa shape index (κ3) is 4.92. The maximum atomic E-state index is 12.5. The maximum Gasteiger partial charge on any atom is 0.255 e. The summed E-state index contributed by atoms with van der Waals surface area (Å²) in [5.41, 5.74) is 6.76. The summed E-state index contributed by atoms with van der Waals surface area (Å²) in [6.45, 7) is 1.55. The fourth-order valence-electron chi connectivity index (χ4n) is 2.44. The Hall–Kier alpha value is -0.680. The predicted molar refractivity (Wildman–Crippen MR) is 93.0 cm³/mol. The summed E-state index contributed by atoms with van der Waals surface area (Å²) in [5.74, 6) is -0.00319. The van der Waals surface area contributed by atoms with Crippen LogP contribution in [-0.4, -0.2) is 48.9 Å². The molecule has 1 unspecified atom stereocenters. The molecule has 0 aromatic heterocycles. The number of likely N-dealkylation sites (tertiary alicyclic amines) is 1. The van der Waals surface area contributed by atoms with Gasteiger partial charge in [0.2, 0.25) is 0 Å². The van der Waals surface area contributed by atoms with Gasteiger partial charge < -0.3 is 15.5 Å². The van der Waals surface area contributed by atoms with Crippen molar-refractivity contribution in [3.8, 4) is 0 Å². The van der Waals surface area contributed by atoms with Crippen molar-refractivity contribution in [3.63, 3.8) is 0 Å². The summed E-state index contributed by atoms with van der Waals surface area (Å²) < 4.78 is 0. The number of nitrogens with two attached hydrogens (primary N) is 1. The van der Waals surface area contributed by atoms with Crippen LogP contribution in [0.15, 0.2) is 18.2 Å². The molecular weight excluding hydrogens is 333 g/mol. The zero-order valence-electron chi connectivity index (χ0n) is 12.2. The van der Waals surface area contributed by atoms with E-state index in [-0.39, 0.29) is 30.7 Å². The van der Waals surface area contributed by atoms with Crippen LogP contribution in [0.1, 0.15) is 23.2 Å². The second-order valence-corrected chi connectivity index (χ2v) is 5.66. The van der Waals surface area contributed by atoms with Crippen molar-refractivity contribution in [2.75, 3.05) is 32.9 Å². The lowest BCUT2D eigenvalue weighted by molar-refractivity contribution is 0.0635. The number of carbonyl (C=O) groups is 1. The Morgan fingerprint density at radius 2 is 2.05 bits per heavy atom. The van der Waals surface area contributed by atoms with Gasteiger partial charge in [0.25, 0.3) is 5.91 Å². The third-order valence-corrected chi connectivity index (χ3v) is 3.95. The first kappa shape index (κ1) is 20.3. The van der Waals surface area contributed by atoms with Gasteiger partial charge in [-0.05, 0) is 45.1 Å². The van der Waals surface area contributed by atoms with E-state index in [1.54, 1.807) is 18.2 Å². The van der Waals surface area contributed by atoms with E-state index >= 15 is 0 Å². The Labute approximate surface area is 143 Å². The highest BCUT2D eigenvalue weighted by molar-refractivity contribution is 6.34. The first-order valence-corrected chi connectivity index (χ1v) is 6.87. The number of amides is 1. The summed E-state index contributed by atoms with van der Waals surface area (Å²) >= 11 is 6.10. The molecule has 1 aliphatic heterocycles. The Morgan fingerprint density at radius 1 is 1.38 bits per heavy atom. The molecule has 0 bridgehead atoms. The van der Waals surface area contributed by atoms with Gasteiger partial charge in [0.05, 0.1) is 10.6 Å². The van der Waals surface area contributed by atoms with Gasteiger partial charge in [0.1, 0.15) is 0 Å². The predicted octanol–water partition coefficient (Wildman–Crippen LogP) is 2.93. The molecule has 1 aliphatic rings. The maximum absolute atomic E-state index is 12.5. The van der Waals surface area contributed by atoms with Crippen LogP contribution in [0.5, 0.6) is 0 Å². The number of halogens is 3. The smallest absolute Gasteiger partial charge is 0.255 e. The largest absolute Gasteiger partial charge is 0.399 e. The number of carbonyl (C=O) groups excluding carboxylic acids is 1. The van der Waals surface area contributed by atoms with E-state index in [9.17, 15) is 4.79 Å². The molecule has 1 amide bonds. The zero-order valence-corrected chi connectivity index (χ0v) is 14.6. The highest BCUT2D eigenvalue weighted by Gasteiger charge is 2.26. The van der Waals surface area contributed by atoms with E-state index in [1.165, 1.54) is 0 Å². The van der Waals surface area contributed by atoms with E-state index in [4.69, 9.17) is 17.3 Å². The van der Waals surface area contributed by atoms with Gasteiger partial charge in [0.15, 0.2) is 0 Å². The molecule has 2 rings (SSSR count). The summed E-state index contributed by atoms with van der Waals surface area (Å²) in [6.07, 6.45) is 2.16. The van der Waals surface area contributed by atoms with Crippen molar-refractivity contribution >= 4 is 48.0 Å². The normalized spacial score (nSPS) is 17.9. The molecule has 1 saturated heterocycles. The van der Waals surface area contributed by atoms with Crippen molar-refractivity contribution in [1.29, 1.82) is 0 Å². The first-order chi connectivity index (χ1) is 8.99. The van der Waals surface area contributed by atoms with Crippen LogP contribution in [0.25, 0.3) is 0 Å². The van der Waals surface area contributed by atoms with Crippen molar-refractivity contribution in [1.82, 2.24) is 9.80 Å². The zero-order chi connectivity index (χ0) is 14.0. The average molecular weight is 355 g/mol. The molecule has 1 heterocycles. The molecule has 1 fully saturated rings. The fourth-order valence-corrected chi connectivity index (χ4v) is 2.71. The number of hydrogen-bond acceptors (Lipinski definition) is 3. The number of nitrogen functional groups attached to an aromatic ring is 1. The number of nitrogens with zero attached hydrogens (tertiary/aromatic N) is 2. The van der Waals surface area contributed by atoms with Gasteiger partial charge in [-0.1, -0.05) is 11.6 Å². The first-order valence-electron chi connectivity index (χ1n) is 6.50. The number of rotatable bonds is 2. The molecule has 1 atom stereocenters. The molecule has 0 spiro atoms. The van der Waals surface area contributed by atoms with E-state index in [0.29, 0.717) is 22.3 Å². The van der Waals surface area contributed by atoms with Gasteiger partial charge in [-0.3, -0.25) is 4.79 Å². The molecule has 7 heteroatoms. The molecule has 0 aliphatic carbocycles. The lowest BCUT2D eigenvalue weighted by Gasteiger charge is -2.36. The second kappa shape index (κ2) is 8.69. The highest BCUT2D eigenvalue weighted by atomic mass is 35.5. The number of benzene rings is 1. The number of piperidine rings is 1. The molecule has 120 valence electrons. The monoisotopic (exact) mass is 353 g/mol. The molecule has 21 heavy (non-hydrogen) atoms. The molecule has 1 aromatic rings. The van der Waals surface area contributed by atoms with Crippen LogP contribution in [0, 0.1) is 0 Å². The third-order valence-electron chi connectivity index (χ3n) is 3.64. The van der Waals surface area contributed by atoms with Crippen molar-refractivity contribution in [2.45, 2.75) is 18.9 Å². The second-order valence-electron chi connectivity index (χ2n) is 5.25. The van der Waals surface area contributed by atoms with Crippen molar-refractivity contribution in [3.05, 3.63) is 28.8 Å². The molecular formula is C14H22Cl3N3O. The van der Waals surface area contributed by atoms with Crippen molar-refractivity contribution < 1.29 is 4.79 Å². The van der Waals surface area contributed by atoms with Crippen molar-refractivity contribution in [2.24, 2.45) is 0 Å².